The van der Waals surface area contributed by atoms with E-state index in [2.05, 4.69) is 15.9 Å². The molecule has 0 saturated heterocycles. The van der Waals surface area contributed by atoms with Crippen molar-refractivity contribution >= 4 is 44.3 Å². The monoisotopic (exact) mass is 392 g/mol. The van der Waals surface area contributed by atoms with E-state index in [1.54, 1.807) is 22.6 Å². The maximum atomic E-state index is 12.4. The van der Waals surface area contributed by atoms with Gasteiger partial charge in [-0.05, 0) is 40.8 Å². The van der Waals surface area contributed by atoms with Crippen molar-refractivity contribution in [2.24, 2.45) is 0 Å². The second kappa shape index (κ2) is 4.82. The molecule has 0 atom stereocenters. The molecule has 0 aliphatic carbocycles. The van der Waals surface area contributed by atoms with Gasteiger partial charge >= 0.3 is 6.18 Å². The van der Waals surface area contributed by atoms with Gasteiger partial charge in [-0.3, -0.25) is 4.79 Å². The van der Waals surface area contributed by atoms with E-state index in [1.165, 1.54) is 6.07 Å². The van der Waals surface area contributed by atoms with Crippen molar-refractivity contribution in [3.8, 4) is 0 Å². The van der Waals surface area contributed by atoms with Crippen LogP contribution in [0.2, 0.25) is 0 Å². The molecule has 0 aliphatic heterocycles. The molecule has 0 spiro atoms. The molecule has 1 aromatic rings. The summed E-state index contributed by atoms with van der Waals surface area (Å²) in [6.07, 6.45) is -4.41. The molecule has 0 aromatic heterocycles. The summed E-state index contributed by atoms with van der Waals surface area (Å²) in [6, 6.07) is 3.30. The second-order valence-electron chi connectivity index (χ2n) is 2.78. The van der Waals surface area contributed by atoms with Crippen molar-refractivity contribution in [3.63, 3.8) is 0 Å². The summed E-state index contributed by atoms with van der Waals surface area (Å²) in [5.74, 6) is -0.362. The molecule has 0 heterocycles. The summed E-state index contributed by atoms with van der Waals surface area (Å²) in [6.45, 7) is 0. The fourth-order valence-electron chi connectivity index (χ4n) is 0.991. The Bertz CT molecular complexity index is 389. The average molecular weight is 393 g/mol. The van der Waals surface area contributed by atoms with Gasteiger partial charge in [-0.1, -0.05) is 15.9 Å². The lowest BCUT2D eigenvalue weighted by atomic mass is 10.1. The van der Waals surface area contributed by atoms with Crippen LogP contribution in [0.15, 0.2) is 18.2 Å². The standard InChI is InChI=1S/C9H5BrF3IO/c10-4-8(15)5-1-6(9(11,12)13)3-7(14)2-5/h1-3H,4H2. The summed E-state index contributed by atoms with van der Waals surface area (Å²) in [5.41, 5.74) is -0.718. The molecule has 1 nitrogen and oxygen atoms in total. The quantitative estimate of drug-likeness (QED) is 0.424. The van der Waals surface area contributed by atoms with Gasteiger partial charge in [0.1, 0.15) is 0 Å². The molecule has 6 heteroatoms. The van der Waals surface area contributed by atoms with Crippen LogP contribution in [-0.2, 0) is 6.18 Å². The lowest BCUT2D eigenvalue weighted by molar-refractivity contribution is -0.137. The zero-order valence-corrected chi connectivity index (χ0v) is 11.0. The largest absolute Gasteiger partial charge is 0.416 e. The average Bonchev–Trinajstić information content (AvgIpc) is 2.14. The van der Waals surface area contributed by atoms with Crippen LogP contribution in [0.25, 0.3) is 0 Å². The normalized spacial score (nSPS) is 11.5. The van der Waals surface area contributed by atoms with Gasteiger partial charge in [-0.2, -0.15) is 13.2 Å². The summed E-state index contributed by atoms with van der Waals surface area (Å²) in [5, 5.41) is 0.0182. The maximum absolute atomic E-state index is 12.4. The van der Waals surface area contributed by atoms with E-state index in [0.717, 1.165) is 12.1 Å². The van der Waals surface area contributed by atoms with Crippen molar-refractivity contribution in [2.45, 2.75) is 6.18 Å². The summed E-state index contributed by atoms with van der Waals surface area (Å²) in [4.78, 5) is 11.2. The lowest BCUT2D eigenvalue weighted by Gasteiger charge is -2.08. The predicted octanol–water partition coefficient (Wildman–Crippen LogP) is 3.89. The van der Waals surface area contributed by atoms with Crippen LogP contribution in [-0.4, -0.2) is 11.1 Å². The van der Waals surface area contributed by atoms with Gasteiger partial charge < -0.3 is 0 Å². The van der Waals surface area contributed by atoms with Crippen molar-refractivity contribution in [2.75, 3.05) is 5.33 Å². The number of Topliss-reactive ketones (excluding diaryl/α,β-unsaturated/α-hetero) is 1. The minimum Gasteiger partial charge on any atom is -0.293 e. The van der Waals surface area contributed by atoms with Gasteiger partial charge in [0.05, 0.1) is 10.9 Å². The minimum absolute atomic E-state index is 0.0182. The van der Waals surface area contributed by atoms with Crippen LogP contribution in [0.1, 0.15) is 15.9 Å². The highest BCUT2D eigenvalue weighted by Gasteiger charge is 2.31. The van der Waals surface area contributed by atoms with E-state index in [0.29, 0.717) is 3.57 Å². The summed E-state index contributed by atoms with van der Waals surface area (Å²) < 4.78 is 37.6. The third-order valence-corrected chi connectivity index (χ3v) is 2.80. The number of alkyl halides is 4. The van der Waals surface area contributed by atoms with Gasteiger partial charge in [0, 0.05) is 9.13 Å². The molecule has 0 radical (unpaired) electrons. The Morgan fingerprint density at radius 3 is 2.40 bits per heavy atom. The SMILES string of the molecule is O=C(CBr)c1cc(I)cc(C(F)(F)F)c1. The van der Waals surface area contributed by atoms with Crippen molar-refractivity contribution in [3.05, 3.63) is 32.9 Å². The molecule has 0 fully saturated rings. The zero-order valence-electron chi connectivity index (χ0n) is 7.24. The van der Waals surface area contributed by atoms with Crippen molar-refractivity contribution < 1.29 is 18.0 Å². The Morgan fingerprint density at radius 1 is 1.33 bits per heavy atom. The Hall–Kier alpha value is -0.110. The third kappa shape index (κ3) is 3.44. The first-order valence-corrected chi connectivity index (χ1v) is 6.01. The number of halogens is 5. The van der Waals surface area contributed by atoms with E-state index < -0.39 is 11.7 Å². The molecular formula is C9H5BrF3IO. The Balaban J connectivity index is 3.23. The van der Waals surface area contributed by atoms with Crippen molar-refractivity contribution in [1.82, 2.24) is 0 Å². The first kappa shape index (κ1) is 13.0. The lowest BCUT2D eigenvalue weighted by Crippen LogP contribution is -2.09. The van der Waals surface area contributed by atoms with Gasteiger partial charge in [-0.25, -0.2) is 0 Å². The van der Waals surface area contributed by atoms with Gasteiger partial charge in [0.15, 0.2) is 5.78 Å². The number of benzene rings is 1. The highest BCUT2D eigenvalue weighted by Crippen LogP contribution is 2.31. The predicted molar refractivity (Wildman–Crippen MR) is 62.3 cm³/mol. The van der Waals surface area contributed by atoms with Crippen LogP contribution < -0.4 is 0 Å². The smallest absolute Gasteiger partial charge is 0.293 e. The van der Waals surface area contributed by atoms with Gasteiger partial charge in [-0.15, -0.1) is 0 Å². The number of carbonyl (C=O) groups excluding carboxylic acids is 1. The number of rotatable bonds is 2. The third-order valence-electron chi connectivity index (χ3n) is 1.67. The molecule has 0 unspecified atom stereocenters. The molecule has 0 bridgehead atoms. The van der Waals surface area contributed by atoms with Crippen molar-refractivity contribution in [1.29, 1.82) is 0 Å². The van der Waals surface area contributed by atoms with E-state index in [-0.39, 0.29) is 16.7 Å². The number of carbonyl (C=O) groups is 1. The molecule has 0 aliphatic rings. The zero-order chi connectivity index (χ0) is 11.6. The van der Waals surface area contributed by atoms with Crippen LogP contribution in [0.5, 0.6) is 0 Å². The fraction of sp³-hybridized carbons (Fsp3) is 0.222. The van der Waals surface area contributed by atoms with Gasteiger partial charge in [0.25, 0.3) is 0 Å². The second-order valence-corrected chi connectivity index (χ2v) is 4.59. The van der Waals surface area contributed by atoms with E-state index >= 15 is 0 Å². The molecule has 0 saturated carbocycles. The molecule has 1 rings (SSSR count). The molecular weight excluding hydrogens is 388 g/mol. The number of hydrogen-bond acceptors (Lipinski definition) is 1. The molecule has 0 amide bonds. The van der Waals surface area contributed by atoms with E-state index in [9.17, 15) is 18.0 Å². The van der Waals surface area contributed by atoms with Crippen LogP contribution in [0.4, 0.5) is 13.2 Å². The maximum Gasteiger partial charge on any atom is 0.416 e. The Morgan fingerprint density at radius 2 is 1.93 bits per heavy atom. The first-order chi connectivity index (χ1) is 6.84. The van der Waals surface area contributed by atoms with E-state index in [1.807, 2.05) is 0 Å². The number of ketones is 1. The Kier molecular flexibility index (Phi) is 4.16. The topological polar surface area (TPSA) is 17.1 Å². The molecule has 1 aromatic carbocycles. The first-order valence-electron chi connectivity index (χ1n) is 3.81. The summed E-state index contributed by atoms with van der Waals surface area (Å²) in [7, 11) is 0. The highest BCUT2D eigenvalue weighted by molar-refractivity contribution is 14.1. The minimum atomic E-state index is -4.41. The molecule has 15 heavy (non-hydrogen) atoms. The highest BCUT2D eigenvalue weighted by atomic mass is 127. The van der Waals surface area contributed by atoms with E-state index in [4.69, 9.17) is 0 Å². The Labute approximate surface area is 106 Å². The van der Waals surface area contributed by atoms with Gasteiger partial charge in [0.2, 0.25) is 0 Å². The number of hydrogen-bond donors (Lipinski definition) is 0. The van der Waals surface area contributed by atoms with Crippen LogP contribution in [0.3, 0.4) is 0 Å². The molecule has 82 valence electrons. The van der Waals surface area contributed by atoms with Crippen LogP contribution >= 0.6 is 38.5 Å². The molecule has 0 N–H and O–H groups in total. The van der Waals surface area contributed by atoms with Crippen LogP contribution in [0, 0.1) is 3.57 Å². The summed E-state index contributed by atoms with van der Waals surface area (Å²) >= 11 is 4.67. The fourth-order valence-corrected chi connectivity index (χ4v) is 1.99.